The highest BCUT2D eigenvalue weighted by molar-refractivity contribution is 7.13. The van der Waals surface area contributed by atoms with E-state index in [1.165, 1.54) is 0 Å². The quantitative estimate of drug-likeness (QED) is 0.862. The lowest BCUT2D eigenvalue weighted by Crippen LogP contribution is -2.51. The van der Waals surface area contributed by atoms with Gasteiger partial charge in [0.1, 0.15) is 0 Å². The number of nitrogens with zero attached hydrogens (tertiary/aromatic N) is 3. The Bertz CT molecular complexity index is 426. The summed E-state index contributed by atoms with van der Waals surface area (Å²) in [6.45, 7) is 5.54. The number of thiazole rings is 1. The smallest absolute Gasteiger partial charge is 0.224 e. The number of hydrogen-bond donors (Lipinski definition) is 1. The second kappa shape index (κ2) is 6.51. The minimum absolute atomic E-state index is 0.174. The third kappa shape index (κ3) is 3.28. The van der Waals surface area contributed by atoms with Gasteiger partial charge in [-0.1, -0.05) is 0 Å². The summed E-state index contributed by atoms with van der Waals surface area (Å²) in [4.78, 5) is 20.8. The second-order valence-electron chi connectivity index (χ2n) is 5.11. The van der Waals surface area contributed by atoms with Crippen LogP contribution in [0.3, 0.4) is 0 Å². The molecule has 1 aromatic rings. The first-order valence-corrected chi connectivity index (χ1v) is 7.94. The second-order valence-corrected chi connectivity index (χ2v) is 5.99. The standard InChI is InChI=1S/C13H20N4O2S/c18-12(9-11-10-19-7-1-14-11)16-3-5-17(6-4-16)13-15-2-8-20-13/h2,8,11,14H,1,3-7,9-10H2. The maximum absolute atomic E-state index is 12.3. The monoisotopic (exact) mass is 296 g/mol. The molecular formula is C13H20N4O2S. The Balaban J connectivity index is 1.46. The average molecular weight is 296 g/mol. The van der Waals surface area contributed by atoms with Crippen molar-refractivity contribution >= 4 is 22.4 Å². The largest absolute Gasteiger partial charge is 0.378 e. The summed E-state index contributed by atoms with van der Waals surface area (Å²) < 4.78 is 5.39. The molecule has 0 aromatic carbocycles. The van der Waals surface area contributed by atoms with Crippen LogP contribution in [0.25, 0.3) is 0 Å². The Labute approximate surface area is 122 Å². The van der Waals surface area contributed by atoms with Crippen molar-refractivity contribution in [3.05, 3.63) is 11.6 Å². The van der Waals surface area contributed by atoms with Gasteiger partial charge in [-0.2, -0.15) is 0 Å². The van der Waals surface area contributed by atoms with Crippen LogP contribution < -0.4 is 10.2 Å². The molecular weight excluding hydrogens is 276 g/mol. The Morgan fingerprint density at radius 1 is 1.45 bits per heavy atom. The van der Waals surface area contributed by atoms with E-state index in [1.54, 1.807) is 11.3 Å². The Kier molecular flexibility index (Phi) is 4.49. The molecule has 110 valence electrons. The van der Waals surface area contributed by atoms with E-state index in [1.807, 2.05) is 16.5 Å². The van der Waals surface area contributed by atoms with E-state index in [4.69, 9.17) is 4.74 Å². The van der Waals surface area contributed by atoms with E-state index in [2.05, 4.69) is 15.2 Å². The Morgan fingerprint density at radius 2 is 2.30 bits per heavy atom. The van der Waals surface area contributed by atoms with Gasteiger partial charge < -0.3 is 19.9 Å². The number of rotatable bonds is 3. The van der Waals surface area contributed by atoms with E-state index in [-0.39, 0.29) is 11.9 Å². The zero-order valence-electron chi connectivity index (χ0n) is 11.5. The van der Waals surface area contributed by atoms with Crippen molar-refractivity contribution in [2.45, 2.75) is 12.5 Å². The zero-order valence-corrected chi connectivity index (χ0v) is 12.3. The van der Waals surface area contributed by atoms with Gasteiger partial charge >= 0.3 is 0 Å². The van der Waals surface area contributed by atoms with E-state index in [0.717, 1.165) is 44.5 Å². The predicted molar refractivity (Wildman–Crippen MR) is 78.1 cm³/mol. The molecule has 0 radical (unpaired) electrons. The van der Waals surface area contributed by atoms with Gasteiger partial charge in [0, 0.05) is 56.8 Å². The predicted octanol–water partition coefficient (Wildman–Crippen LogP) is 0.170. The molecule has 6 nitrogen and oxygen atoms in total. The number of carbonyl (C=O) groups excluding carboxylic acids is 1. The Morgan fingerprint density at radius 3 is 2.95 bits per heavy atom. The summed E-state index contributed by atoms with van der Waals surface area (Å²) in [5.74, 6) is 0.229. The van der Waals surface area contributed by atoms with E-state index < -0.39 is 0 Å². The third-order valence-electron chi connectivity index (χ3n) is 3.74. The molecule has 20 heavy (non-hydrogen) atoms. The third-order valence-corrected chi connectivity index (χ3v) is 4.57. The van der Waals surface area contributed by atoms with Crippen LogP contribution in [0, 0.1) is 0 Å². The van der Waals surface area contributed by atoms with Gasteiger partial charge in [0.2, 0.25) is 5.91 Å². The molecule has 1 N–H and O–H groups in total. The van der Waals surface area contributed by atoms with Crippen LogP contribution in [0.5, 0.6) is 0 Å². The molecule has 0 aliphatic carbocycles. The first-order chi connectivity index (χ1) is 9.83. The molecule has 2 aliphatic rings. The normalized spacial score (nSPS) is 23.9. The number of amides is 1. The minimum Gasteiger partial charge on any atom is -0.378 e. The average Bonchev–Trinajstić information content (AvgIpc) is 3.03. The van der Waals surface area contributed by atoms with Crippen molar-refractivity contribution in [1.82, 2.24) is 15.2 Å². The van der Waals surface area contributed by atoms with Crippen LogP contribution in [0.15, 0.2) is 11.6 Å². The minimum atomic E-state index is 0.174. The van der Waals surface area contributed by atoms with Crippen molar-refractivity contribution in [2.24, 2.45) is 0 Å². The highest BCUT2D eigenvalue weighted by Crippen LogP contribution is 2.19. The van der Waals surface area contributed by atoms with Gasteiger partial charge in [0.15, 0.2) is 5.13 Å². The number of aromatic nitrogens is 1. The molecule has 2 aliphatic heterocycles. The summed E-state index contributed by atoms with van der Waals surface area (Å²) in [6, 6.07) is 0.174. The van der Waals surface area contributed by atoms with Gasteiger partial charge in [-0.3, -0.25) is 4.79 Å². The molecule has 0 spiro atoms. The SMILES string of the molecule is O=C(CC1COCCN1)N1CCN(c2nccs2)CC1. The van der Waals surface area contributed by atoms with Crippen molar-refractivity contribution in [3.8, 4) is 0 Å². The fraction of sp³-hybridized carbons (Fsp3) is 0.692. The topological polar surface area (TPSA) is 57.7 Å². The van der Waals surface area contributed by atoms with Crippen LogP contribution in [0.4, 0.5) is 5.13 Å². The molecule has 2 saturated heterocycles. The first-order valence-electron chi connectivity index (χ1n) is 7.06. The molecule has 1 unspecified atom stereocenters. The van der Waals surface area contributed by atoms with Gasteiger partial charge in [0.05, 0.1) is 13.2 Å². The summed E-state index contributed by atoms with van der Waals surface area (Å²) in [5, 5.41) is 6.37. The summed E-state index contributed by atoms with van der Waals surface area (Å²) >= 11 is 1.65. The van der Waals surface area contributed by atoms with Gasteiger partial charge in [-0.15, -0.1) is 11.3 Å². The summed E-state index contributed by atoms with van der Waals surface area (Å²) in [7, 11) is 0. The lowest BCUT2D eigenvalue weighted by atomic mass is 10.1. The number of ether oxygens (including phenoxy) is 1. The maximum atomic E-state index is 12.3. The lowest BCUT2D eigenvalue weighted by Gasteiger charge is -2.35. The van der Waals surface area contributed by atoms with Gasteiger partial charge in [-0.25, -0.2) is 4.98 Å². The van der Waals surface area contributed by atoms with Crippen LogP contribution in [0.1, 0.15) is 6.42 Å². The van der Waals surface area contributed by atoms with E-state index >= 15 is 0 Å². The number of hydrogen-bond acceptors (Lipinski definition) is 6. The van der Waals surface area contributed by atoms with Crippen LogP contribution in [-0.2, 0) is 9.53 Å². The molecule has 0 saturated carbocycles. The number of piperazine rings is 1. The highest BCUT2D eigenvalue weighted by Gasteiger charge is 2.25. The van der Waals surface area contributed by atoms with Gasteiger partial charge in [-0.05, 0) is 0 Å². The fourth-order valence-corrected chi connectivity index (χ4v) is 3.31. The molecule has 3 rings (SSSR count). The molecule has 1 aromatic heterocycles. The zero-order chi connectivity index (χ0) is 13.8. The van der Waals surface area contributed by atoms with E-state index in [0.29, 0.717) is 13.0 Å². The molecule has 7 heteroatoms. The Hall–Kier alpha value is -1.18. The first kappa shape index (κ1) is 13.8. The van der Waals surface area contributed by atoms with Crippen molar-refractivity contribution < 1.29 is 9.53 Å². The molecule has 0 bridgehead atoms. The number of carbonyl (C=O) groups is 1. The highest BCUT2D eigenvalue weighted by atomic mass is 32.1. The molecule has 1 amide bonds. The molecule has 3 heterocycles. The van der Waals surface area contributed by atoms with Crippen molar-refractivity contribution in [1.29, 1.82) is 0 Å². The van der Waals surface area contributed by atoms with Crippen LogP contribution >= 0.6 is 11.3 Å². The van der Waals surface area contributed by atoms with Gasteiger partial charge in [0.25, 0.3) is 0 Å². The lowest BCUT2D eigenvalue weighted by molar-refractivity contribution is -0.132. The van der Waals surface area contributed by atoms with E-state index in [9.17, 15) is 4.79 Å². The fourth-order valence-electron chi connectivity index (χ4n) is 2.61. The summed E-state index contributed by atoms with van der Waals surface area (Å²) in [5.41, 5.74) is 0. The molecule has 1 atom stereocenters. The number of morpholine rings is 1. The van der Waals surface area contributed by atoms with Crippen LogP contribution in [0.2, 0.25) is 0 Å². The number of anilines is 1. The van der Waals surface area contributed by atoms with Crippen LogP contribution in [-0.4, -0.2) is 67.8 Å². The number of nitrogens with one attached hydrogen (secondary N) is 1. The van der Waals surface area contributed by atoms with Crippen molar-refractivity contribution in [2.75, 3.05) is 50.8 Å². The maximum Gasteiger partial charge on any atom is 0.224 e. The van der Waals surface area contributed by atoms with Crippen molar-refractivity contribution in [3.63, 3.8) is 0 Å². The molecule has 2 fully saturated rings. The summed E-state index contributed by atoms with van der Waals surface area (Å²) in [6.07, 6.45) is 2.36.